The molecular weight excluding hydrogens is 604 g/mol. The van der Waals surface area contributed by atoms with Gasteiger partial charge in [0.05, 0.1) is 19.3 Å². The Balaban J connectivity index is 1.54. The number of aliphatic hydroxyl groups is 6. The summed E-state index contributed by atoms with van der Waals surface area (Å²) in [4.78, 5) is 12.8. The third-order valence-corrected chi connectivity index (χ3v) is 7.36. The lowest BCUT2D eigenvalue weighted by Crippen LogP contribution is -2.65. The molecule has 0 saturated carbocycles. The fourth-order valence-electron chi connectivity index (χ4n) is 4.77. The van der Waals surface area contributed by atoms with E-state index < -0.39 is 104 Å². The lowest BCUT2D eigenvalue weighted by Gasteiger charge is -2.46. The molecule has 248 valence electrons. The molecule has 16 heteroatoms. The molecule has 0 radical (unpaired) electrons. The van der Waals surface area contributed by atoms with E-state index in [2.05, 4.69) is 0 Å². The largest absolute Gasteiger partial charge is 0.504 e. The van der Waals surface area contributed by atoms with Crippen molar-refractivity contribution in [1.82, 2.24) is 0 Å². The molecule has 2 saturated heterocycles. The molecule has 2 aliphatic rings. The van der Waals surface area contributed by atoms with Gasteiger partial charge in [-0.15, -0.1) is 0 Å². The van der Waals surface area contributed by atoms with E-state index in [-0.39, 0.29) is 11.3 Å². The van der Waals surface area contributed by atoms with Crippen LogP contribution < -0.4 is 0 Å². The number of carbonyl (C=O) groups excluding carboxylic acids is 1. The van der Waals surface area contributed by atoms with E-state index in [0.717, 1.165) is 18.2 Å². The van der Waals surface area contributed by atoms with Crippen molar-refractivity contribution >= 4 is 12.0 Å². The van der Waals surface area contributed by atoms with Crippen molar-refractivity contribution in [2.45, 2.75) is 74.4 Å². The van der Waals surface area contributed by atoms with Crippen LogP contribution in [0.1, 0.15) is 24.2 Å². The predicted molar refractivity (Wildman–Crippen MR) is 148 cm³/mol. The summed E-state index contributed by atoms with van der Waals surface area (Å²) in [5.41, 5.74) is 0.450. The van der Waals surface area contributed by atoms with Gasteiger partial charge in [0, 0.05) is 6.08 Å². The quantitative estimate of drug-likeness (QED) is 0.0802. The molecule has 0 unspecified atom stereocenters. The van der Waals surface area contributed by atoms with Gasteiger partial charge in [0.25, 0.3) is 0 Å². The molecule has 2 heterocycles. The monoisotopic (exact) mass is 640 g/mol. The number of esters is 1. The molecule has 0 amide bonds. The summed E-state index contributed by atoms with van der Waals surface area (Å²) in [5.74, 6) is -2.75. The fraction of sp³-hybridized carbons (Fsp3) is 0.483. The molecule has 2 aromatic carbocycles. The first-order valence-electron chi connectivity index (χ1n) is 13.8. The lowest BCUT2D eigenvalue weighted by atomic mass is 9.97. The van der Waals surface area contributed by atoms with Gasteiger partial charge in [-0.3, -0.25) is 0 Å². The van der Waals surface area contributed by atoms with Crippen LogP contribution in [-0.4, -0.2) is 132 Å². The molecule has 4 rings (SSSR count). The zero-order valence-electron chi connectivity index (χ0n) is 23.8. The lowest BCUT2D eigenvalue weighted by molar-refractivity contribution is -0.358. The zero-order chi connectivity index (χ0) is 33.0. The van der Waals surface area contributed by atoms with Gasteiger partial charge in [0.15, 0.2) is 41.7 Å². The fourth-order valence-corrected chi connectivity index (χ4v) is 4.77. The van der Waals surface area contributed by atoms with Crippen LogP contribution in [0.25, 0.3) is 6.08 Å². The number of phenols is 4. The number of benzene rings is 2. The van der Waals surface area contributed by atoms with Gasteiger partial charge in [-0.2, -0.15) is 0 Å². The van der Waals surface area contributed by atoms with Crippen LogP contribution in [0.4, 0.5) is 0 Å². The standard InChI is InChI=1S/C29H36O16/c1-12-22(37)23(38)24(39)29(42-12)45-27-25(40)28(41-11-19(35)14-4-6-16(32)18(34)9-14)43-20(10-30)26(27)44-21(36)7-3-13-2-5-15(31)17(33)8-13/h2-9,12,19-20,22-35,37-40H,10-11H2,1H3/b7-3+/t12-,19-,20+,22-,23+,24+,25+,26+,27+,28+,29-/m0/s1. The van der Waals surface area contributed by atoms with Gasteiger partial charge in [-0.25, -0.2) is 4.79 Å². The zero-order valence-corrected chi connectivity index (χ0v) is 23.8. The van der Waals surface area contributed by atoms with Gasteiger partial charge < -0.3 is 74.7 Å². The Morgan fingerprint density at radius 3 is 2.16 bits per heavy atom. The molecule has 16 nitrogen and oxygen atoms in total. The van der Waals surface area contributed by atoms with Crippen LogP contribution in [0.5, 0.6) is 23.0 Å². The highest BCUT2D eigenvalue weighted by Gasteiger charge is 2.52. The minimum absolute atomic E-state index is 0.142. The molecule has 2 aliphatic heterocycles. The third-order valence-electron chi connectivity index (χ3n) is 7.36. The summed E-state index contributed by atoms with van der Waals surface area (Å²) in [6.45, 7) is 0.0546. The third kappa shape index (κ3) is 8.00. The number of aliphatic hydroxyl groups excluding tert-OH is 6. The van der Waals surface area contributed by atoms with Crippen LogP contribution in [0.3, 0.4) is 0 Å². The van der Waals surface area contributed by atoms with Gasteiger partial charge in [0.1, 0.15) is 42.7 Å². The van der Waals surface area contributed by atoms with Gasteiger partial charge >= 0.3 is 5.97 Å². The van der Waals surface area contributed by atoms with Crippen molar-refractivity contribution in [2.24, 2.45) is 0 Å². The Labute approximate surface area is 256 Å². The van der Waals surface area contributed by atoms with Crippen LogP contribution in [0, 0.1) is 0 Å². The maximum Gasteiger partial charge on any atom is 0.331 e. The summed E-state index contributed by atoms with van der Waals surface area (Å²) in [5, 5.41) is 101. The van der Waals surface area contributed by atoms with E-state index in [4.69, 9.17) is 23.7 Å². The molecule has 0 aliphatic carbocycles. The normalized spacial score (nSPS) is 32.8. The summed E-state index contributed by atoms with van der Waals surface area (Å²) in [6, 6.07) is 7.32. The second-order valence-corrected chi connectivity index (χ2v) is 10.6. The van der Waals surface area contributed by atoms with Crippen LogP contribution in [0.2, 0.25) is 0 Å². The van der Waals surface area contributed by atoms with Gasteiger partial charge in [-0.05, 0) is 48.4 Å². The molecule has 45 heavy (non-hydrogen) atoms. The molecule has 2 aromatic rings. The van der Waals surface area contributed by atoms with Gasteiger partial charge in [0.2, 0.25) is 0 Å². The number of carbonyl (C=O) groups is 1. The van der Waals surface area contributed by atoms with Crippen LogP contribution in [-0.2, 0) is 28.5 Å². The average molecular weight is 641 g/mol. The van der Waals surface area contributed by atoms with Gasteiger partial charge in [-0.1, -0.05) is 12.1 Å². The van der Waals surface area contributed by atoms with Crippen molar-refractivity contribution in [3.8, 4) is 23.0 Å². The minimum atomic E-state index is -1.83. The summed E-state index contributed by atoms with van der Waals surface area (Å²) >= 11 is 0. The second kappa shape index (κ2) is 14.7. The highest BCUT2D eigenvalue weighted by molar-refractivity contribution is 5.87. The van der Waals surface area contributed by atoms with Crippen molar-refractivity contribution < 1.29 is 79.5 Å². The highest BCUT2D eigenvalue weighted by atomic mass is 16.7. The van der Waals surface area contributed by atoms with E-state index in [1.807, 2.05) is 0 Å². The van der Waals surface area contributed by atoms with Crippen molar-refractivity contribution in [1.29, 1.82) is 0 Å². The number of rotatable bonds is 10. The average Bonchev–Trinajstić information content (AvgIpc) is 3.01. The van der Waals surface area contributed by atoms with E-state index in [0.29, 0.717) is 5.56 Å². The molecular formula is C29H36O16. The van der Waals surface area contributed by atoms with Crippen molar-refractivity contribution in [3.05, 3.63) is 53.6 Å². The Hall–Kier alpha value is -3.55. The van der Waals surface area contributed by atoms with Crippen molar-refractivity contribution in [2.75, 3.05) is 13.2 Å². The number of ether oxygens (including phenoxy) is 5. The maximum absolute atomic E-state index is 12.8. The summed E-state index contributed by atoms with van der Waals surface area (Å²) in [7, 11) is 0. The number of hydrogen-bond acceptors (Lipinski definition) is 16. The number of hydrogen-bond donors (Lipinski definition) is 10. The molecule has 0 aromatic heterocycles. The first kappa shape index (κ1) is 34.3. The molecule has 0 bridgehead atoms. The van der Waals surface area contributed by atoms with E-state index in [1.165, 1.54) is 37.3 Å². The smallest absolute Gasteiger partial charge is 0.331 e. The molecule has 11 atom stereocenters. The molecule has 0 spiro atoms. The Morgan fingerprint density at radius 2 is 1.51 bits per heavy atom. The second-order valence-electron chi connectivity index (χ2n) is 10.6. The first-order valence-corrected chi connectivity index (χ1v) is 13.8. The predicted octanol–water partition coefficient (Wildman–Crippen LogP) is -1.53. The SMILES string of the molecule is C[C@@H]1O[C@@H](O[C@@H]2[C@@H](O)[C@H](OC[C@H](O)c3ccc(O)c(O)c3)O[C@H](CO)[C@H]2OC(=O)/C=C/c2ccc(O)c(O)c2)[C@H](O)[C@H](O)[C@H]1O. The molecule has 10 N–H and O–H groups in total. The summed E-state index contributed by atoms with van der Waals surface area (Å²) in [6.07, 6.45) is -15.0. The van der Waals surface area contributed by atoms with Crippen LogP contribution >= 0.6 is 0 Å². The minimum Gasteiger partial charge on any atom is -0.504 e. The van der Waals surface area contributed by atoms with E-state index >= 15 is 0 Å². The summed E-state index contributed by atoms with van der Waals surface area (Å²) < 4.78 is 27.9. The Kier molecular flexibility index (Phi) is 11.2. The first-order chi connectivity index (χ1) is 21.3. The van der Waals surface area contributed by atoms with E-state index in [9.17, 15) is 55.9 Å². The molecule has 2 fully saturated rings. The van der Waals surface area contributed by atoms with Crippen molar-refractivity contribution in [3.63, 3.8) is 0 Å². The number of aromatic hydroxyl groups is 4. The maximum atomic E-state index is 12.8. The highest BCUT2D eigenvalue weighted by Crippen LogP contribution is 2.33. The Bertz CT molecular complexity index is 1340. The number of phenolic OH excluding ortho intramolecular Hbond substituents is 4. The Morgan fingerprint density at radius 1 is 0.844 bits per heavy atom. The van der Waals surface area contributed by atoms with E-state index in [1.54, 1.807) is 0 Å². The van der Waals surface area contributed by atoms with Crippen LogP contribution in [0.15, 0.2) is 42.5 Å². The topological polar surface area (TPSA) is 266 Å².